The van der Waals surface area contributed by atoms with Crippen LogP contribution in [-0.4, -0.2) is 17.5 Å². The Bertz CT molecular complexity index is 1230. The molecule has 4 aromatic rings. The molecular formula is C28H27FN2O. The van der Waals surface area contributed by atoms with Crippen molar-refractivity contribution in [3.8, 4) is 16.8 Å². The largest absolute Gasteiger partial charge is 0.317 e. The number of aromatic nitrogens is 1. The van der Waals surface area contributed by atoms with Crippen LogP contribution in [0, 0.1) is 12.7 Å². The SMILES string of the molecule is Cc1c(-c2ccc(F)cc2)c(C(=O)N(C)c2ccccc2)c(C(C)C)n1-c1ccccc1. The van der Waals surface area contributed by atoms with E-state index in [0.29, 0.717) is 5.56 Å². The van der Waals surface area contributed by atoms with Gasteiger partial charge in [0.05, 0.1) is 5.56 Å². The number of hydrogen-bond donors (Lipinski definition) is 0. The molecular weight excluding hydrogens is 399 g/mol. The van der Waals surface area contributed by atoms with Gasteiger partial charge in [0, 0.05) is 35.4 Å². The smallest absolute Gasteiger partial charge is 0.260 e. The van der Waals surface area contributed by atoms with Crippen LogP contribution in [0.3, 0.4) is 0 Å². The van der Waals surface area contributed by atoms with Crippen LogP contribution in [0.5, 0.6) is 0 Å². The molecule has 0 N–H and O–H groups in total. The zero-order valence-electron chi connectivity index (χ0n) is 18.8. The lowest BCUT2D eigenvalue weighted by molar-refractivity contribution is 0.0992. The maximum Gasteiger partial charge on any atom is 0.260 e. The molecule has 4 heteroatoms. The van der Waals surface area contributed by atoms with Gasteiger partial charge in [-0.2, -0.15) is 0 Å². The van der Waals surface area contributed by atoms with Gasteiger partial charge < -0.3 is 9.47 Å². The summed E-state index contributed by atoms with van der Waals surface area (Å²) < 4.78 is 15.9. The number of carbonyl (C=O) groups excluding carboxylic acids is 1. The highest BCUT2D eigenvalue weighted by Gasteiger charge is 2.30. The number of para-hydroxylation sites is 2. The normalized spacial score (nSPS) is 11.1. The van der Waals surface area contributed by atoms with Gasteiger partial charge in [-0.05, 0) is 54.8 Å². The molecule has 0 unspecified atom stereocenters. The molecule has 1 amide bonds. The minimum Gasteiger partial charge on any atom is -0.317 e. The number of anilines is 1. The molecule has 0 atom stereocenters. The van der Waals surface area contributed by atoms with Crippen molar-refractivity contribution in [1.29, 1.82) is 0 Å². The Morgan fingerprint density at radius 3 is 2.00 bits per heavy atom. The fourth-order valence-corrected chi connectivity index (χ4v) is 4.29. The third-order valence-electron chi connectivity index (χ3n) is 5.80. The first kappa shape index (κ1) is 21.6. The molecule has 162 valence electrons. The van der Waals surface area contributed by atoms with Gasteiger partial charge in [-0.1, -0.05) is 62.4 Å². The second kappa shape index (κ2) is 8.83. The van der Waals surface area contributed by atoms with Gasteiger partial charge in [0.15, 0.2) is 0 Å². The van der Waals surface area contributed by atoms with Gasteiger partial charge in [0.25, 0.3) is 5.91 Å². The Morgan fingerprint density at radius 2 is 1.44 bits per heavy atom. The first-order chi connectivity index (χ1) is 15.4. The Kier molecular flexibility index (Phi) is 5.95. The summed E-state index contributed by atoms with van der Waals surface area (Å²) in [6.07, 6.45) is 0. The fraction of sp³-hybridized carbons (Fsp3) is 0.179. The van der Waals surface area contributed by atoms with Gasteiger partial charge in [0.1, 0.15) is 5.82 Å². The van der Waals surface area contributed by atoms with Crippen LogP contribution in [0.1, 0.15) is 41.5 Å². The molecule has 3 nitrogen and oxygen atoms in total. The number of carbonyl (C=O) groups is 1. The molecule has 0 aliphatic heterocycles. The molecule has 0 saturated carbocycles. The van der Waals surface area contributed by atoms with Gasteiger partial charge in [0.2, 0.25) is 0 Å². The number of hydrogen-bond acceptors (Lipinski definition) is 1. The Morgan fingerprint density at radius 1 is 0.875 bits per heavy atom. The average Bonchev–Trinajstić information content (AvgIpc) is 3.13. The average molecular weight is 427 g/mol. The summed E-state index contributed by atoms with van der Waals surface area (Å²) in [4.78, 5) is 15.7. The van der Waals surface area contributed by atoms with Crippen molar-refractivity contribution in [1.82, 2.24) is 4.57 Å². The summed E-state index contributed by atoms with van der Waals surface area (Å²) in [5.74, 6) is -0.296. The molecule has 32 heavy (non-hydrogen) atoms. The van der Waals surface area contributed by atoms with Crippen LogP contribution in [0.2, 0.25) is 0 Å². The van der Waals surface area contributed by atoms with E-state index in [1.807, 2.05) is 67.6 Å². The number of halogens is 1. The van der Waals surface area contributed by atoms with Crippen LogP contribution >= 0.6 is 0 Å². The number of rotatable bonds is 5. The lowest BCUT2D eigenvalue weighted by Gasteiger charge is -2.21. The molecule has 0 aliphatic rings. The molecule has 0 saturated heterocycles. The van der Waals surface area contributed by atoms with Gasteiger partial charge in [-0.25, -0.2) is 4.39 Å². The lowest BCUT2D eigenvalue weighted by Crippen LogP contribution is -2.27. The van der Waals surface area contributed by atoms with Crippen LogP contribution in [0.4, 0.5) is 10.1 Å². The highest BCUT2D eigenvalue weighted by atomic mass is 19.1. The maximum atomic E-state index is 14.0. The van der Waals surface area contributed by atoms with E-state index in [-0.39, 0.29) is 17.6 Å². The zero-order chi connectivity index (χ0) is 22.8. The maximum absolute atomic E-state index is 14.0. The van der Waals surface area contributed by atoms with Crippen molar-refractivity contribution in [2.45, 2.75) is 26.7 Å². The summed E-state index contributed by atoms with van der Waals surface area (Å²) in [7, 11) is 1.80. The van der Waals surface area contributed by atoms with Crippen molar-refractivity contribution >= 4 is 11.6 Å². The van der Waals surface area contributed by atoms with E-state index in [1.54, 1.807) is 24.1 Å². The van der Waals surface area contributed by atoms with Crippen LogP contribution < -0.4 is 4.90 Å². The molecule has 0 fully saturated rings. The summed E-state index contributed by atoms with van der Waals surface area (Å²) in [5.41, 5.74) is 6.04. The summed E-state index contributed by atoms with van der Waals surface area (Å²) >= 11 is 0. The van der Waals surface area contributed by atoms with Gasteiger partial charge >= 0.3 is 0 Å². The molecule has 0 radical (unpaired) electrons. The van der Waals surface area contributed by atoms with Crippen LogP contribution in [-0.2, 0) is 0 Å². The van der Waals surface area contributed by atoms with E-state index in [9.17, 15) is 9.18 Å². The van der Waals surface area contributed by atoms with Crippen molar-refractivity contribution in [2.24, 2.45) is 0 Å². The highest BCUT2D eigenvalue weighted by molar-refractivity contribution is 6.11. The highest BCUT2D eigenvalue weighted by Crippen LogP contribution is 2.39. The van der Waals surface area contributed by atoms with E-state index in [4.69, 9.17) is 0 Å². The topological polar surface area (TPSA) is 25.2 Å². The van der Waals surface area contributed by atoms with E-state index >= 15 is 0 Å². The van der Waals surface area contributed by atoms with Crippen molar-refractivity contribution < 1.29 is 9.18 Å². The third kappa shape index (κ3) is 3.84. The molecule has 4 rings (SSSR count). The van der Waals surface area contributed by atoms with Crippen molar-refractivity contribution in [3.63, 3.8) is 0 Å². The fourth-order valence-electron chi connectivity index (χ4n) is 4.29. The van der Waals surface area contributed by atoms with E-state index < -0.39 is 0 Å². The lowest BCUT2D eigenvalue weighted by atomic mass is 9.96. The second-order valence-electron chi connectivity index (χ2n) is 8.25. The quantitative estimate of drug-likeness (QED) is 0.337. The van der Waals surface area contributed by atoms with E-state index in [1.165, 1.54) is 12.1 Å². The number of benzene rings is 3. The van der Waals surface area contributed by atoms with E-state index in [0.717, 1.165) is 33.9 Å². The minimum atomic E-state index is -0.299. The van der Waals surface area contributed by atoms with Crippen LogP contribution in [0.15, 0.2) is 84.9 Å². The number of amides is 1. The Labute approximate surface area is 188 Å². The predicted molar refractivity (Wildman–Crippen MR) is 129 cm³/mol. The summed E-state index contributed by atoms with van der Waals surface area (Å²) in [6, 6.07) is 26.1. The Balaban J connectivity index is 2.02. The minimum absolute atomic E-state index is 0.0861. The molecule has 1 aromatic heterocycles. The van der Waals surface area contributed by atoms with Gasteiger partial charge in [-0.15, -0.1) is 0 Å². The predicted octanol–water partition coefficient (Wildman–Crippen LogP) is 6.99. The monoisotopic (exact) mass is 426 g/mol. The molecule has 1 heterocycles. The van der Waals surface area contributed by atoms with Crippen molar-refractivity contribution in [3.05, 3.63) is 108 Å². The summed E-state index contributed by atoms with van der Waals surface area (Å²) in [6.45, 7) is 6.22. The van der Waals surface area contributed by atoms with Gasteiger partial charge in [-0.3, -0.25) is 4.79 Å². The molecule has 0 bridgehead atoms. The first-order valence-electron chi connectivity index (χ1n) is 10.8. The summed E-state index contributed by atoms with van der Waals surface area (Å²) in [5, 5.41) is 0. The first-order valence-corrected chi connectivity index (χ1v) is 10.8. The molecule has 3 aromatic carbocycles. The molecule has 0 aliphatic carbocycles. The van der Waals surface area contributed by atoms with Crippen molar-refractivity contribution in [2.75, 3.05) is 11.9 Å². The Hall–Kier alpha value is -3.66. The second-order valence-corrected chi connectivity index (χ2v) is 8.25. The van der Waals surface area contributed by atoms with Crippen LogP contribution in [0.25, 0.3) is 16.8 Å². The number of nitrogens with zero attached hydrogens (tertiary/aromatic N) is 2. The van der Waals surface area contributed by atoms with E-state index in [2.05, 4.69) is 18.4 Å². The standard InChI is InChI=1S/C28H27FN2O/c1-19(2)27-26(28(32)30(4)23-11-7-5-8-12-23)25(21-15-17-22(29)18-16-21)20(3)31(27)24-13-9-6-10-14-24/h5-19H,1-4H3. The third-order valence-corrected chi connectivity index (χ3v) is 5.80. The molecule has 0 spiro atoms. The zero-order valence-corrected chi connectivity index (χ0v) is 18.8.